The standard InChI is InChI=1S/C29H46N6O6/c1-7-19(5)20(6)15-25(37)30-14-12-26(38)35-23(11-9-10-13-31-35)28(39)32-27(18(3)4)24(36)17-41-29(40)22-16-21(8-2)33-34-22/h7,16,18,20,23,27,31H,8-15,17H2,1-6H3,(H,30,37)(H,32,39)(H,33,34)/b19-7+/t20?,23-,27-/m0/s1. The molecule has 1 unspecified atom stereocenters. The maximum Gasteiger partial charge on any atom is 0.359 e. The van der Waals surface area contributed by atoms with Crippen molar-refractivity contribution in [1.82, 2.24) is 31.3 Å². The summed E-state index contributed by atoms with van der Waals surface area (Å²) >= 11 is 0. The summed E-state index contributed by atoms with van der Waals surface area (Å²) in [6.07, 6.45) is 4.92. The highest BCUT2D eigenvalue weighted by Gasteiger charge is 2.34. The summed E-state index contributed by atoms with van der Waals surface area (Å²) in [4.78, 5) is 64.0. The number of aromatic amines is 1. The van der Waals surface area contributed by atoms with Crippen molar-refractivity contribution in [2.24, 2.45) is 11.8 Å². The number of nitrogens with zero attached hydrogens (tertiary/aromatic N) is 2. The van der Waals surface area contributed by atoms with E-state index in [4.69, 9.17) is 4.74 Å². The zero-order valence-corrected chi connectivity index (χ0v) is 25.2. The van der Waals surface area contributed by atoms with Crippen LogP contribution in [-0.2, 0) is 30.3 Å². The molecule has 1 aliphatic heterocycles. The number of hydrazine groups is 1. The Bertz CT molecular complexity index is 1100. The van der Waals surface area contributed by atoms with Crippen molar-refractivity contribution in [2.75, 3.05) is 19.7 Å². The lowest BCUT2D eigenvalue weighted by molar-refractivity contribution is -0.145. The summed E-state index contributed by atoms with van der Waals surface area (Å²) in [6.45, 7) is 11.5. The normalized spacial score (nSPS) is 17.4. The van der Waals surface area contributed by atoms with Gasteiger partial charge in [0.15, 0.2) is 18.1 Å². The number of carbonyl (C=O) groups is 5. The fourth-order valence-corrected chi connectivity index (χ4v) is 4.45. The van der Waals surface area contributed by atoms with Crippen LogP contribution in [-0.4, -0.2) is 76.5 Å². The Hall–Kier alpha value is -3.54. The summed E-state index contributed by atoms with van der Waals surface area (Å²) < 4.78 is 5.16. The molecular formula is C29H46N6O6. The van der Waals surface area contributed by atoms with Crippen molar-refractivity contribution in [3.05, 3.63) is 29.1 Å². The predicted molar refractivity (Wildman–Crippen MR) is 153 cm³/mol. The van der Waals surface area contributed by atoms with E-state index < -0.39 is 36.4 Å². The van der Waals surface area contributed by atoms with Gasteiger partial charge in [0.1, 0.15) is 6.04 Å². The zero-order valence-electron chi connectivity index (χ0n) is 25.2. The van der Waals surface area contributed by atoms with E-state index in [0.29, 0.717) is 25.8 Å². The molecule has 3 amide bonds. The number of esters is 1. The molecule has 1 fully saturated rings. The van der Waals surface area contributed by atoms with Crippen LogP contribution in [0.1, 0.15) is 89.8 Å². The SMILES string of the molecule is C/C=C(\C)C(C)CC(=O)NCCC(=O)N1NCCCC[C@H]1C(=O)N[C@H](C(=O)COC(=O)c1cc(CC)[nH]n1)C(C)C. The number of rotatable bonds is 14. The summed E-state index contributed by atoms with van der Waals surface area (Å²) in [5.74, 6) is -2.29. The average molecular weight is 575 g/mol. The minimum Gasteiger partial charge on any atom is -0.453 e. The lowest BCUT2D eigenvalue weighted by Gasteiger charge is -2.31. The summed E-state index contributed by atoms with van der Waals surface area (Å²) in [6, 6.07) is -0.176. The maximum atomic E-state index is 13.4. The number of ether oxygens (including phenoxy) is 1. The molecule has 12 nitrogen and oxygen atoms in total. The van der Waals surface area contributed by atoms with Gasteiger partial charge in [0.2, 0.25) is 17.7 Å². The monoisotopic (exact) mass is 574 g/mol. The fraction of sp³-hybridized carbons (Fsp3) is 0.655. The number of Topliss-reactive ketones (excluding diaryl/α,β-unsaturated/α-hetero) is 1. The fourth-order valence-electron chi connectivity index (χ4n) is 4.45. The van der Waals surface area contributed by atoms with E-state index in [1.54, 1.807) is 19.9 Å². The highest BCUT2D eigenvalue weighted by Crippen LogP contribution is 2.16. The van der Waals surface area contributed by atoms with Crippen LogP contribution in [0.3, 0.4) is 0 Å². The van der Waals surface area contributed by atoms with Gasteiger partial charge in [0, 0.05) is 31.6 Å². The van der Waals surface area contributed by atoms with Crippen molar-refractivity contribution < 1.29 is 28.7 Å². The zero-order chi connectivity index (χ0) is 30.5. The van der Waals surface area contributed by atoms with Gasteiger partial charge in [-0.15, -0.1) is 0 Å². The molecule has 0 radical (unpaired) electrons. The largest absolute Gasteiger partial charge is 0.453 e. The number of amides is 3. The minimum absolute atomic E-state index is 0.0227. The average Bonchev–Trinajstić information content (AvgIpc) is 3.30. The second-order valence-corrected chi connectivity index (χ2v) is 10.8. The number of carbonyl (C=O) groups excluding carboxylic acids is 5. The molecule has 41 heavy (non-hydrogen) atoms. The van der Waals surface area contributed by atoms with E-state index in [0.717, 1.165) is 24.1 Å². The molecule has 0 aliphatic carbocycles. The van der Waals surface area contributed by atoms with Crippen molar-refractivity contribution >= 4 is 29.5 Å². The molecule has 1 aromatic rings. The lowest BCUT2D eigenvalue weighted by atomic mass is 9.98. The molecule has 1 aromatic heterocycles. The van der Waals surface area contributed by atoms with Crippen molar-refractivity contribution in [1.29, 1.82) is 0 Å². The van der Waals surface area contributed by atoms with Crippen molar-refractivity contribution in [3.8, 4) is 0 Å². The van der Waals surface area contributed by atoms with E-state index in [1.807, 2.05) is 33.8 Å². The molecular weight excluding hydrogens is 528 g/mol. The molecule has 0 aromatic carbocycles. The molecule has 3 atom stereocenters. The first-order valence-corrected chi connectivity index (χ1v) is 14.5. The number of nitrogens with one attached hydrogen (secondary N) is 4. The molecule has 1 saturated heterocycles. The van der Waals surface area contributed by atoms with Crippen molar-refractivity contribution in [2.45, 2.75) is 92.2 Å². The quantitative estimate of drug-likeness (QED) is 0.194. The molecule has 2 rings (SSSR count). The minimum atomic E-state index is -0.914. The van der Waals surface area contributed by atoms with Crippen LogP contribution in [0.4, 0.5) is 0 Å². The van der Waals surface area contributed by atoms with Crippen molar-refractivity contribution in [3.63, 3.8) is 0 Å². The second kappa shape index (κ2) is 16.7. The summed E-state index contributed by atoms with van der Waals surface area (Å²) in [7, 11) is 0. The number of ketones is 1. The third-order valence-electron chi connectivity index (χ3n) is 7.33. The van der Waals surface area contributed by atoms with Gasteiger partial charge in [-0.3, -0.25) is 29.3 Å². The van der Waals surface area contributed by atoms with Gasteiger partial charge in [-0.25, -0.2) is 10.2 Å². The van der Waals surface area contributed by atoms with Gasteiger partial charge in [-0.05, 0) is 57.4 Å². The lowest BCUT2D eigenvalue weighted by Crippen LogP contribution is -2.58. The molecule has 12 heteroatoms. The summed E-state index contributed by atoms with van der Waals surface area (Å²) in [5, 5.41) is 13.5. The Morgan fingerprint density at radius 2 is 1.93 bits per heavy atom. The van der Waals surface area contributed by atoms with Gasteiger partial charge in [0.05, 0.1) is 6.04 Å². The highest BCUT2D eigenvalue weighted by molar-refractivity contribution is 5.95. The molecule has 1 aliphatic rings. The Kier molecular flexibility index (Phi) is 13.7. The number of hydrogen-bond donors (Lipinski definition) is 4. The van der Waals surface area contributed by atoms with Gasteiger partial charge >= 0.3 is 5.97 Å². The Morgan fingerprint density at radius 3 is 2.56 bits per heavy atom. The molecule has 4 N–H and O–H groups in total. The van der Waals surface area contributed by atoms with E-state index in [-0.39, 0.29) is 42.3 Å². The molecule has 0 bridgehead atoms. The van der Waals surface area contributed by atoms with Gasteiger partial charge < -0.3 is 15.4 Å². The topological polar surface area (TPSA) is 163 Å². The predicted octanol–water partition coefficient (Wildman–Crippen LogP) is 2.22. The van der Waals surface area contributed by atoms with Crippen LogP contribution in [0.15, 0.2) is 17.7 Å². The smallest absolute Gasteiger partial charge is 0.359 e. The molecule has 2 heterocycles. The maximum absolute atomic E-state index is 13.4. The first-order valence-electron chi connectivity index (χ1n) is 14.5. The molecule has 0 saturated carbocycles. The Balaban J connectivity index is 1.97. The first-order chi connectivity index (χ1) is 19.5. The third kappa shape index (κ3) is 10.4. The molecule has 228 valence electrons. The number of aryl methyl sites for hydroxylation is 1. The van der Waals surface area contributed by atoms with Crippen LogP contribution in [0.5, 0.6) is 0 Å². The van der Waals surface area contributed by atoms with E-state index in [9.17, 15) is 24.0 Å². The van der Waals surface area contributed by atoms with Gasteiger partial charge in [-0.2, -0.15) is 5.10 Å². The van der Waals surface area contributed by atoms with E-state index >= 15 is 0 Å². The highest BCUT2D eigenvalue weighted by atomic mass is 16.5. The third-order valence-corrected chi connectivity index (χ3v) is 7.33. The second-order valence-electron chi connectivity index (χ2n) is 10.8. The van der Waals surface area contributed by atoms with Crippen LogP contribution >= 0.6 is 0 Å². The van der Waals surface area contributed by atoms with Crippen LogP contribution < -0.4 is 16.1 Å². The number of H-pyrrole nitrogens is 1. The number of aromatic nitrogens is 2. The van der Waals surface area contributed by atoms with Crippen LogP contribution in [0, 0.1) is 11.8 Å². The van der Waals surface area contributed by atoms with Crippen LogP contribution in [0.25, 0.3) is 0 Å². The van der Waals surface area contributed by atoms with Gasteiger partial charge in [-0.1, -0.05) is 39.3 Å². The first kappa shape index (κ1) is 33.7. The van der Waals surface area contributed by atoms with E-state index in [2.05, 4.69) is 26.3 Å². The Labute approximate surface area is 242 Å². The number of hydrogen-bond acceptors (Lipinski definition) is 8. The van der Waals surface area contributed by atoms with Gasteiger partial charge in [0.25, 0.3) is 0 Å². The van der Waals surface area contributed by atoms with E-state index in [1.165, 1.54) is 5.01 Å². The number of allylic oxidation sites excluding steroid dienone is 2. The Morgan fingerprint density at radius 1 is 1.20 bits per heavy atom. The molecule has 0 spiro atoms. The van der Waals surface area contributed by atoms with Crippen LogP contribution in [0.2, 0.25) is 0 Å². The summed E-state index contributed by atoms with van der Waals surface area (Å²) in [5.41, 5.74) is 5.01.